The molecule has 0 spiro atoms. The van der Waals surface area contributed by atoms with Crippen molar-refractivity contribution >= 4 is 23.0 Å². The molecule has 0 saturated heterocycles. The molecular weight excluding hydrogens is 398 g/mol. The van der Waals surface area contributed by atoms with Gasteiger partial charge in [-0.15, -0.1) is 0 Å². The number of carbonyl (C=O) groups excluding carboxylic acids is 1. The van der Waals surface area contributed by atoms with Crippen LogP contribution in [0.3, 0.4) is 0 Å². The highest BCUT2D eigenvalue weighted by Gasteiger charge is 2.61. The molecule has 1 N–H and O–H groups in total. The number of aliphatic hydroxyl groups excluding tert-OH is 1. The van der Waals surface area contributed by atoms with Crippen molar-refractivity contribution in [3.05, 3.63) is 53.8 Å². The summed E-state index contributed by atoms with van der Waals surface area (Å²) in [6.45, 7) is 4.67. The largest absolute Gasteiger partial charge is 0.457 e. The Bertz CT molecular complexity index is 1110. The van der Waals surface area contributed by atoms with Crippen molar-refractivity contribution in [2.24, 2.45) is 28.6 Å². The number of fused-ring (bicyclic) bond motifs is 6. The zero-order valence-corrected chi connectivity index (χ0v) is 19.3. The van der Waals surface area contributed by atoms with Crippen LogP contribution in [0.15, 0.2) is 52.5 Å². The molecule has 4 aliphatic rings. The van der Waals surface area contributed by atoms with E-state index >= 15 is 0 Å². The molecule has 3 fully saturated rings. The molecule has 7 atom stereocenters. The fourth-order valence-electron chi connectivity index (χ4n) is 7.99. The van der Waals surface area contributed by atoms with E-state index in [0.717, 1.165) is 54.4 Å². The SMILES string of the molecule is CN1C(=O)C=C[C@]2(C)[C@H]3CC[C@]4(C)[C@@H](O)/C(=C\c5cc6ccccc6o5)C[C@H]4[C@@H]3CC[C@@H]12. The summed E-state index contributed by atoms with van der Waals surface area (Å²) in [5, 5.41) is 12.6. The Balaban J connectivity index is 1.33. The first-order valence-electron chi connectivity index (χ1n) is 12.1. The van der Waals surface area contributed by atoms with E-state index in [0.29, 0.717) is 23.8 Å². The van der Waals surface area contributed by atoms with Crippen molar-refractivity contribution in [1.29, 1.82) is 0 Å². The highest BCUT2D eigenvalue weighted by atomic mass is 16.3. The first-order valence-corrected chi connectivity index (χ1v) is 12.1. The summed E-state index contributed by atoms with van der Waals surface area (Å²) in [5.74, 6) is 2.59. The van der Waals surface area contributed by atoms with Gasteiger partial charge in [-0.1, -0.05) is 38.1 Å². The number of furan rings is 1. The molecule has 2 heterocycles. The van der Waals surface area contributed by atoms with Crippen LogP contribution in [-0.4, -0.2) is 35.1 Å². The van der Waals surface area contributed by atoms with Gasteiger partial charge >= 0.3 is 0 Å². The number of benzene rings is 1. The van der Waals surface area contributed by atoms with Crippen LogP contribution in [-0.2, 0) is 4.79 Å². The molecular formula is C28H33NO3. The van der Waals surface area contributed by atoms with Crippen LogP contribution in [0.2, 0.25) is 0 Å². The lowest BCUT2D eigenvalue weighted by Gasteiger charge is -2.59. The molecule has 2 aromatic rings. The highest BCUT2D eigenvalue weighted by Crippen LogP contribution is 2.65. The standard InChI is InChI=1S/C28H33NO3/c1-27-13-11-25(30)29(3)24(27)9-8-20-21(27)10-12-28(2)22(20)16-18(26(28)31)15-19-14-17-6-4-5-7-23(17)32-19/h4-7,11,13-15,20-22,24,26,31H,8-10,12,16H2,1-3H3/b18-15-/t20-,21+,22+,24-,26+,27-,28+/m1/s1. The number of para-hydroxylation sites is 1. The van der Waals surface area contributed by atoms with Gasteiger partial charge in [0.1, 0.15) is 11.3 Å². The molecule has 1 aliphatic heterocycles. The Morgan fingerprint density at radius 2 is 1.97 bits per heavy atom. The van der Waals surface area contributed by atoms with E-state index < -0.39 is 6.10 Å². The van der Waals surface area contributed by atoms with Gasteiger partial charge in [-0.2, -0.15) is 0 Å². The van der Waals surface area contributed by atoms with Crippen molar-refractivity contribution in [2.45, 2.75) is 58.1 Å². The molecule has 168 valence electrons. The number of hydrogen-bond acceptors (Lipinski definition) is 3. The molecule has 1 aromatic carbocycles. The maximum absolute atomic E-state index is 12.3. The van der Waals surface area contributed by atoms with Crippen LogP contribution in [0.4, 0.5) is 0 Å². The summed E-state index contributed by atoms with van der Waals surface area (Å²) in [7, 11) is 1.97. The Morgan fingerprint density at radius 3 is 2.78 bits per heavy atom. The molecule has 3 aliphatic carbocycles. The number of carbonyl (C=O) groups is 1. The van der Waals surface area contributed by atoms with Gasteiger partial charge in [0.05, 0.1) is 6.10 Å². The highest BCUT2D eigenvalue weighted by molar-refractivity contribution is 5.89. The molecule has 32 heavy (non-hydrogen) atoms. The van der Waals surface area contributed by atoms with E-state index in [2.05, 4.69) is 38.1 Å². The first kappa shape index (κ1) is 20.3. The Hall–Kier alpha value is -2.33. The van der Waals surface area contributed by atoms with Gasteiger partial charge in [-0.05, 0) is 79.7 Å². The van der Waals surface area contributed by atoms with Crippen molar-refractivity contribution in [3.63, 3.8) is 0 Å². The number of rotatable bonds is 1. The smallest absolute Gasteiger partial charge is 0.246 e. The molecule has 4 heteroatoms. The zero-order valence-electron chi connectivity index (χ0n) is 19.3. The van der Waals surface area contributed by atoms with E-state index in [9.17, 15) is 9.90 Å². The number of hydrogen-bond donors (Lipinski definition) is 1. The number of amides is 1. The molecule has 0 bridgehead atoms. The van der Waals surface area contributed by atoms with Crippen LogP contribution < -0.4 is 0 Å². The number of nitrogens with zero attached hydrogens (tertiary/aromatic N) is 1. The van der Waals surface area contributed by atoms with Crippen LogP contribution in [0, 0.1) is 28.6 Å². The summed E-state index contributed by atoms with van der Waals surface area (Å²) < 4.78 is 6.05. The molecule has 1 amide bonds. The molecule has 0 unspecified atom stereocenters. The lowest BCUT2D eigenvalue weighted by atomic mass is 9.48. The molecule has 3 saturated carbocycles. The van der Waals surface area contributed by atoms with Crippen LogP contribution in [0.5, 0.6) is 0 Å². The minimum atomic E-state index is -0.418. The normalized spacial score (nSPS) is 42.2. The fraction of sp³-hybridized carbons (Fsp3) is 0.536. The molecule has 1 aromatic heterocycles. The minimum Gasteiger partial charge on any atom is -0.457 e. The third-order valence-electron chi connectivity index (χ3n) is 9.77. The van der Waals surface area contributed by atoms with E-state index in [1.54, 1.807) is 6.08 Å². The monoisotopic (exact) mass is 431 g/mol. The predicted molar refractivity (Wildman–Crippen MR) is 126 cm³/mol. The van der Waals surface area contributed by atoms with Crippen molar-refractivity contribution in [1.82, 2.24) is 4.90 Å². The summed E-state index contributed by atoms with van der Waals surface area (Å²) in [5.41, 5.74) is 1.96. The third-order valence-corrected chi connectivity index (χ3v) is 9.77. The summed E-state index contributed by atoms with van der Waals surface area (Å²) in [6.07, 6.45) is 11.0. The first-order chi connectivity index (χ1) is 15.3. The van der Waals surface area contributed by atoms with Crippen LogP contribution in [0.1, 0.15) is 51.7 Å². The molecule has 0 radical (unpaired) electrons. The van der Waals surface area contributed by atoms with Gasteiger partial charge in [0.2, 0.25) is 5.91 Å². The van der Waals surface area contributed by atoms with Crippen molar-refractivity contribution in [2.75, 3.05) is 7.05 Å². The maximum atomic E-state index is 12.3. The Morgan fingerprint density at radius 1 is 1.16 bits per heavy atom. The van der Waals surface area contributed by atoms with E-state index in [4.69, 9.17) is 4.42 Å². The topological polar surface area (TPSA) is 53.7 Å². The lowest BCUT2D eigenvalue weighted by Crippen LogP contribution is -2.59. The quantitative estimate of drug-likeness (QED) is 0.655. The second kappa shape index (κ2) is 6.84. The zero-order chi connectivity index (χ0) is 22.3. The summed E-state index contributed by atoms with van der Waals surface area (Å²) in [4.78, 5) is 14.3. The lowest BCUT2D eigenvalue weighted by molar-refractivity contribution is -0.140. The molecule has 4 nitrogen and oxygen atoms in total. The van der Waals surface area contributed by atoms with Gasteiger partial charge in [-0.25, -0.2) is 0 Å². The number of aliphatic hydroxyl groups is 1. The summed E-state index contributed by atoms with van der Waals surface area (Å²) >= 11 is 0. The van der Waals surface area contributed by atoms with Gasteiger partial charge < -0.3 is 14.4 Å². The van der Waals surface area contributed by atoms with E-state index in [1.807, 2.05) is 30.1 Å². The van der Waals surface area contributed by atoms with E-state index in [-0.39, 0.29) is 16.7 Å². The molecule has 6 rings (SSSR count). The maximum Gasteiger partial charge on any atom is 0.246 e. The Labute approximate surface area is 190 Å². The van der Waals surface area contributed by atoms with Crippen LogP contribution >= 0.6 is 0 Å². The van der Waals surface area contributed by atoms with Crippen molar-refractivity contribution in [3.8, 4) is 0 Å². The van der Waals surface area contributed by atoms with Gasteiger partial charge in [0.15, 0.2) is 0 Å². The van der Waals surface area contributed by atoms with Crippen molar-refractivity contribution < 1.29 is 14.3 Å². The summed E-state index contributed by atoms with van der Waals surface area (Å²) in [6, 6.07) is 10.4. The van der Waals surface area contributed by atoms with E-state index in [1.165, 1.54) is 0 Å². The fourth-order valence-corrected chi connectivity index (χ4v) is 7.99. The van der Waals surface area contributed by atoms with Gasteiger partial charge in [-0.3, -0.25) is 4.79 Å². The second-order valence-electron chi connectivity index (χ2n) is 11.2. The number of likely N-dealkylation sites (N-methyl/N-ethyl adjacent to an activating group) is 1. The Kier molecular flexibility index (Phi) is 4.33. The average molecular weight is 432 g/mol. The second-order valence-corrected chi connectivity index (χ2v) is 11.2. The van der Waals surface area contributed by atoms with Gasteiger partial charge in [0.25, 0.3) is 0 Å². The minimum absolute atomic E-state index is 0.0308. The van der Waals surface area contributed by atoms with Crippen LogP contribution in [0.25, 0.3) is 17.0 Å². The predicted octanol–water partition coefficient (Wildman–Crippen LogP) is 5.43. The average Bonchev–Trinajstić information content (AvgIpc) is 3.30. The third kappa shape index (κ3) is 2.68. The van der Waals surface area contributed by atoms with Gasteiger partial charge in [0, 0.05) is 29.3 Å².